The molecule has 1 aliphatic carbocycles. The van der Waals surface area contributed by atoms with Gasteiger partial charge in [0.25, 0.3) is 5.91 Å². The topological polar surface area (TPSA) is 44.9 Å². The van der Waals surface area contributed by atoms with E-state index in [1.807, 2.05) is 12.1 Å². The van der Waals surface area contributed by atoms with Crippen molar-refractivity contribution in [1.82, 2.24) is 10.3 Å². The molecule has 0 saturated carbocycles. The van der Waals surface area contributed by atoms with Crippen LogP contribution in [-0.2, 0) is 12.8 Å². The first-order valence-electron chi connectivity index (χ1n) is 8.35. The van der Waals surface area contributed by atoms with Gasteiger partial charge in [-0.1, -0.05) is 13.8 Å². The maximum Gasteiger partial charge on any atom is 0.251 e. The van der Waals surface area contributed by atoms with Crippen LogP contribution in [0.1, 0.15) is 62.2 Å². The lowest BCUT2D eigenvalue weighted by molar-refractivity contribution is 0.0911. The Bertz CT molecular complexity index is 712. The third-order valence-corrected chi connectivity index (χ3v) is 5.03. The fourth-order valence-electron chi connectivity index (χ4n) is 3.20. The molecule has 1 aromatic heterocycles. The minimum Gasteiger partial charge on any atom is -0.358 e. The highest BCUT2D eigenvalue weighted by Crippen LogP contribution is 2.32. The van der Waals surface area contributed by atoms with Crippen LogP contribution in [0.25, 0.3) is 10.9 Å². The molecule has 0 unspecified atom stereocenters. The van der Waals surface area contributed by atoms with Crippen LogP contribution in [0.3, 0.4) is 0 Å². The van der Waals surface area contributed by atoms with E-state index in [4.69, 9.17) is 0 Å². The van der Waals surface area contributed by atoms with Gasteiger partial charge in [-0.3, -0.25) is 4.79 Å². The van der Waals surface area contributed by atoms with Crippen molar-refractivity contribution < 1.29 is 4.79 Å². The van der Waals surface area contributed by atoms with Crippen molar-refractivity contribution in [1.29, 1.82) is 0 Å². The SMILES string of the molecule is CCC(C)(C)NC(=O)c1ccc2[nH]c3c(c2c1)C[C@@H](C)CC3. The monoisotopic (exact) mass is 298 g/mol. The Morgan fingerprint density at radius 3 is 2.91 bits per heavy atom. The quantitative estimate of drug-likeness (QED) is 0.876. The number of hydrogen-bond donors (Lipinski definition) is 2. The third kappa shape index (κ3) is 2.77. The second kappa shape index (κ2) is 5.45. The Labute approximate surface area is 132 Å². The zero-order valence-electron chi connectivity index (χ0n) is 14.0. The molecule has 0 spiro atoms. The molecule has 1 aromatic carbocycles. The van der Waals surface area contributed by atoms with Gasteiger partial charge in [0.2, 0.25) is 0 Å². The minimum atomic E-state index is -0.169. The number of amides is 1. The van der Waals surface area contributed by atoms with Crippen molar-refractivity contribution in [3.63, 3.8) is 0 Å². The van der Waals surface area contributed by atoms with Gasteiger partial charge in [0.05, 0.1) is 0 Å². The molecule has 1 atom stereocenters. The summed E-state index contributed by atoms with van der Waals surface area (Å²) in [5.41, 5.74) is 4.52. The van der Waals surface area contributed by atoms with E-state index >= 15 is 0 Å². The number of aromatic amines is 1. The number of rotatable bonds is 3. The first-order chi connectivity index (χ1) is 10.4. The maximum absolute atomic E-state index is 12.5. The molecule has 3 rings (SSSR count). The summed E-state index contributed by atoms with van der Waals surface area (Å²) in [5, 5.41) is 4.34. The van der Waals surface area contributed by atoms with E-state index in [1.54, 1.807) is 0 Å². The van der Waals surface area contributed by atoms with Gasteiger partial charge in [-0.05, 0) is 69.2 Å². The van der Waals surface area contributed by atoms with Gasteiger partial charge in [-0.15, -0.1) is 0 Å². The highest BCUT2D eigenvalue weighted by Gasteiger charge is 2.22. The third-order valence-electron chi connectivity index (χ3n) is 5.03. The van der Waals surface area contributed by atoms with Crippen molar-refractivity contribution in [2.45, 2.75) is 58.9 Å². The number of nitrogens with one attached hydrogen (secondary N) is 2. The van der Waals surface area contributed by atoms with Crippen LogP contribution in [0.4, 0.5) is 0 Å². The van der Waals surface area contributed by atoms with Gasteiger partial charge in [0.15, 0.2) is 0 Å². The molecular weight excluding hydrogens is 272 g/mol. The number of carbonyl (C=O) groups excluding carboxylic acids is 1. The molecule has 1 aliphatic rings. The smallest absolute Gasteiger partial charge is 0.251 e. The number of fused-ring (bicyclic) bond motifs is 3. The van der Waals surface area contributed by atoms with Gasteiger partial charge < -0.3 is 10.3 Å². The lowest BCUT2D eigenvalue weighted by atomic mass is 9.87. The van der Waals surface area contributed by atoms with Crippen LogP contribution >= 0.6 is 0 Å². The summed E-state index contributed by atoms with van der Waals surface area (Å²) in [5.74, 6) is 0.746. The van der Waals surface area contributed by atoms with E-state index in [2.05, 4.69) is 44.1 Å². The fraction of sp³-hybridized carbons (Fsp3) is 0.526. The van der Waals surface area contributed by atoms with Crippen LogP contribution in [-0.4, -0.2) is 16.4 Å². The molecule has 0 radical (unpaired) electrons. The van der Waals surface area contributed by atoms with E-state index in [0.29, 0.717) is 0 Å². The van der Waals surface area contributed by atoms with Gasteiger partial charge in [0, 0.05) is 27.7 Å². The van der Waals surface area contributed by atoms with Gasteiger partial charge >= 0.3 is 0 Å². The van der Waals surface area contributed by atoms with E-state index in [9.17, 15) is 4.79 Å². The molecular formula is C19H26N2O. The summed E-state index contributed by atoms with van der Waals surface area (Å²) in [7, 11) is 0. The predicted molar refractivity (Wildman–Crippen MR) is 91.3 cm³/mol. The number of H-pyrrole nitrogens is 1. The fourth-order valence-corrected chi connectivity index (χ4v) is 3.20. The molecule has 0 saturated heterocycles. The van der Waals surface area contributed by atoms with E-state index in [-0.39, 0.29) is 11.4 Å². The predicted octanol–water partition coefficient (Wildman–Crippen LogP) is 4.21. The van der Waals surface area contributed by atoms with Crippen molar-refractivity contribution in [3.05, 3.63) is 35.0 Å². The number of hydrogen-bond acceptors (Lipinski definition) is 1. The number of aryl methyl sites for hydroxylation is 1. The highest BCUT2D eigenvalue weighted by molar-refractivity contribution is 5.99. The van der Waals surface area contributed by atoms with Crippen LogP contribution in [0.2, 0.25) is 0 Å². The highest BCUT2D eigenvalue weighted by atomic mass is 16.1. The number of benzene rings is 1. The summed E-state index contributed by atoms with van der Waals surface area (Å²) in [6.45, 7) is 8.52. The normalized spacial score (nSPS) is 18.3. The van der Waals surface area contributed by atoms with Gasteiger partial charge in [-0.2, -0.15) is 0 Å². The second-order valence-corrected chi connectivity index (χ2v) is 7.38. The zero-order chi connectivity index (χ0) is 15.9. The van der Waals surface area contributed by atoms with Crippen molar-refractivity contribution in [2.24, 2.45) is 5.92 Å². The van der Waals surface area contributed by atoms with Crippen LogP contribution in [0.15, 0.2) is 18.2 Å². The number of carbonyl (C=O) groups is 1. The largest absolute Gasteiger partial charge is 0.358 e. The molecule has 1 heterocycles. The lowest BCUT2D eigenvalue weighted by Gasteiger charge is -2.24. The lowest BCUT2D eigenvalue weighted by Crippen LogP contribution is -2.42. The Kier molecular flexibility index (Phi) is 3.75. The molecule has 0 bridgehead atoms. The van der Waals surface area contributed by atoms with E-state index < -0.39 is 0 Å². The molecule has 3 heteroatoms. The summed E-state index contributed by atoms with van der Waals surface area (Å²) in [4.78, 5) is 16.0. The van der Waals surface area contributed by atoms with Gasteiger partial charge in [-0.25, -0.2) is 0 Å². The average molecular weight is 298 g/mol. The standard InChI is InChI=1S/C19H26N2O/c1-5-19(3,4)21-18(22)13-7-9-17-15(11-13)14-10-12(2)6-8-16(14)20-17/h7,9,11-12,20H,5-6,8,10H2,1-4H3,(H,21,22)/t12-/m0/s1. The Hall–Kier alpha value is -1.77. The molecule has 118 valence electrons. The van der Waals surface area contributed by atoms with Crippen molar-refractivity contribution in [3.8, 4) is 0 Å². The van der Waals surface area contributed by atoms with Crippen molar-refractivity contribution in [2.75, 3.05) is 0 Å². The van der Waals surface area contributed by atoms with Crippen LogP contribution < -0.4 is 5.32 Å². The van der Waals surface area contributed by atoms with Crippen molar-refractivity contribution >= 4 is 16.8 Å². The van der Waals surface area contributed by atoms with E-state index in [0.717, 1.165) is 36.3 Å². The molecule has 2 aromatic rings. The Morgan fingerprint density at radius 2 is 2.18 bits per heavy atom. The Morgan fingerprint density at radius 1 is 1.41 bits per heavy atom. The molecule has 0 aliphatic heterocycles. The van der Waals surface area contributed by atoms with E-state index in [1.165, 1.54) is 23.1 Å². The summed E-state index contributed by atoms with van der Waals surface area (Å²) < 4.78 is 0. The maximum atomic E-state index is 12.5. The molecule has 2 N–H and O–H groups in total. The second-order valence-electron chi connectivity index (χ2n) is 7.38. The number of aromatic nitrogens is 1. The molecule has 22 heavy (non-hydrogen) atoms. The van der Waals surface area contributed by atoms with Crippen LogP contribution in [0, 0.1) is 5.92 Å². The molecule has 1 amide bonds. The Balaban J connectivity index is 1.96. The summed E-state index contributed by atoms with van der Waals surface area (Å²) in [6, 6.07) is 6.03. The van der Waals surface area contributed by atoms with Gasteiger partial charge in [0.1, 0.15) is 0 Å². The summed E-state index contributed by atoms with van der Waals surface area (Å²) >= 11 is 0. The first kappa shape index (κ1) is 15.1. The molecule has 3 nitrogen and oxygen atoms in total. The first-order valence-corrected chi connectivity index (χ1v) is 8.35. The average Bonchev–Trinajstić information content (AvgIpc) is 2.84. The zero-order valence-corrected chi connectivity index (χ0v) is 14.0. The molecule has 0 fully saturated rings. The minimum absolute atomic E-state index is 0.0209. The summed E-state index contributed by atoms with van der Waals surface area (Å²) in [6.07, 6.45) is 4.40. The van der Waals surface area contributed by atoms with Crippen LogP contribution in [0.5, 0.6) is 0 Å².